The topological polar surface area (TPSA) is 81.9 Å². The van der Waals surface area contributed by atoms with E-state index in [1.165, 1.54) is 0 Å². The standard InChI is InChI=1S/C21H24N2O4/c1-20(2,3)27-19(25)23-13-21(14-23,15-9-5-4-6-10-15)26-17-12-8-7-11-16(17)18(22)24/h4-12H,13-14H2,1-3H3,(H2,22,24). The molecule has 0 spiro atoms. The summed E-state index contributed by atoms with van der Waals surface area (Å²) in [6.07, 6.45) is -0.388. The Morgan fingerprint density at radius 2 is 1.59 bits per heavy atom. The van der Waals surface area contributed by atoms with Crippen molar-refractivity contribution in [2.45, 2.75) is 32.0 Å². The molecule has 0 bridgehead atoms. The van der Waals surface area contributed by atoms with E-state index in [0.29, 0.717) is 24.4 Å². The van der Waals surface area contributed by atoms with Crippen molar-refractivity contribution in [2.75, 3.05) is 13.1 Å². The number of hydrogen-bond acceptors (Lipinski definition) is 4. The summed E-state index contributed by atoms with van der Waals surface area (Å²) in [5, 5.41) is 0. The maximum atomic E-state index is 12.4. The first kappa shape index (κ1) is 18.8. The second kappa shape index (κ2) is 6.95. The van der Waals surface area contributed by atoms with Gasteiger partial charge in [0.1, 0.15) is 11.4 Å². The molecule has 1 aliphatic heterocycles. The van der Waals surface area contributed by atoms with Crippen LogP contribution in [0.2, 0.25) is 0 Å². The van der Waals surface area contributed by atoms with E-state index in [-0.39, 0.29) is 6.09 Å². The van der Waals surface area contributed by atoms with Gasteiger partial charge in [-0.3, -0.25) is 9.69 Å². The molecular formula is C21H24N2O4. The lowest BCUT2D eigenvalue weighted by molar-refractivity contribution is -0.0865. The zero-order valence-electron chi connectivity index (χ0n) is 15.8. The van der Waals surface area contributed by atoms with Crippen LogP contribution < -0.4 is 10.5 Å². The van der Waals surface area contributed by atoms with Gasteiger partial charge in [0, 0.05) is 0 Å². The summed E-state index contributed by atoms with van der Waals surface area (Å²) in [7, 11) is 0. The SMILES string of the molecule is CC(C)(C)OC(=O)N1CC(Oc2ccccc2C(N)=O)(c2ccccc2)C1. The minimum atomic E-state index is -0.760. The fourth-order valence-electron chi connectivity index (χ4n) is 3.04. The first-order valence-corrected chi connectivity index (χ1v) is 8.81. The average Bonchev–Trinajstić information content (AvgIpc) is 2.57. The molecule has 0 radical (unpaired) electrons. The highest BCUT2D eigenvalue weighted by molar-refractivity contribution is 5.95. The highest BCUT2D eigenvalue weighted by atomic mass is 16.6. The average molecular weight is 368 g/mol. The summed E-state index contributed by atoms with van der Waals surface area (Å²) in [6, 6.07) is 16.5. The molecule has 1 heterocycles. The second-order valence-corrected chi connectivity index (χ2v) is 7.66. The molecule has 142 valence electrons. The van der Waals surface area contributed by atoms with Crippen molar-refractivity contribution in [3.63, 3.8) is 0 Å². The van der Waals surface area contributed by atoms with Gasteiger partial charge in [0.2, 0.25) is 0 Å². The van der Waals surface area contributed by atoms with Gasteiger partial charge in [-0.2, -0.15) is 0 Å². The van der Waals surface area contributed by atoms with Crippen LogP contribution in [0.25, 0.3) is 0 Å². The molecule has 1 fully saturated rings. The van der Waals surface area contributed by atoms with Crippen molar-refractivity contribution in [1.29, 1.82) is 0 Å². The molecule has 0 unspecified atom stereocenters. The number of nitrogens with zero attached hydrogens (tertiary/aromatic N) is 1. The molecule has 2 amide bonds. The summed E-state index contributed by atoms with van der Waals surface area (Å²) >= 11 is 0. The van der Waals surface area contributed by atoms with E-state index in [0.717, 1.165) is 5.56 Å². The highest BCUT2D eigenvalue weighted by Gasteiger charge is 2.50. The lowest BCUT2D eigenvalue weighted by atomic mass is 9.86. The third-order valence-electron chi connectivity index (χ3n) is 4.30. The molecule has 2 aromatic rings. The summed E-state index contributed by atoms with van der Waals surface area (Å²) < 4.78 is 11.7. The van der Waals surface area contributed by atoms with Gasteiger partial charge in [-0.05, 0) is 38.5 Å². The number of benzene rings is 2. The van der Waals surface area contributed by atoms with Gasteiger partial charge in [0.25, 0.3) is 5.91 Å². The Morgan fingerprint density at radius 1 is 1.00 bits per heavy atom. The molecule has 0 saturated carbocycles. The van der Waals surface area contributed by atoms with Gasteiger partial charge < -0.3 is 15.2 Å². The smallest absolute Gasteiger partial charge is 0.410 e. The molecule has 27 heavy (non-hydrogen) atoms. The van der Waals surface area contributed by atoms with Crippen LogP contribution in [0.1, 0.15) is 36.7 Å². The number of primary amides is 1. The Balaban J connectivity index is 1.87. The number of hydrogen-bond donors (Lipinski definition) is 1. The van der Waals surface area contributed by atoms with E-state index < -0.39 is 17.1 Å². The Morgan fingerprint density at radius 3 is 2.19 bits per heavy atom. The number of rotatable bonds is 4. The van der Waals surface area contributed by atoms with Crippen LogP contribution in [0.4, 0.5) is 4.79 Å². The maximum absolute atomic E-state index is 12.4. The van der Waals surface area contributed by atoms with Crippen LogP contribution in [-0.2, 0) is 10.3 Å². The normalized spacial score (nSPS) is 15.6. The summed E-state index contributed by atoms with van der Waals surface area (Å²) in [5.74, 6) is -0.158. The van der Waals surface area contributed by atoms with Crippen molar-refractivity contribution in [2.24, 2.45) is 5.73 Å². The van der Waals surface area contributed by atoms with Gasteiger partial charge in [-0.15, -0.1) is 0 Å². The molecule has 6 heteroatoms. The van der Waals surface area contributed by atoms with E-state index >= 15 is 0 Å². The minimum absolute atomic E-state index is 0.309. The zero-order valence-corrected chi connectivity index (χ0v) is 15.8. The largest absolute Gasteiger partial charge is 0.478 e. The lowest BCUT2D eigenvalue weighted by Crippen LogP contribution is -2.64. The number of likely N-dealkylation sites (tertiary alicyclic amines) is 1. The zero-order chi connectivity index (χ0) is 19.7. The van der Waals surface area contributed by atoms with Crippen LogP contribution in [-0.4, -0.2) is 35.6 Å². The van der Waals surface area contributed by atoms with E-state index in [2.05, 4.69) is 0 Å². The molecule has 2 N–H and O–H groups in total. The quantitative estimate of drug-likeness (QED) is 0.898. The van der Waals surface area contributed by atoms with Gasteiger partial charge >= 0.3 is 6.09 Å². The second-order valence-electron chi connectivity index (χ2n) is 7.66. The number of amides is 2. The fourth-order valence-corrected chi connectivity index (χ4v) is 3.04. The molecule has 0 atom stereocenters. The van der Waals surface area contributed by atoms with Crippen LogP contribution in [0.3, 0.4) is 0 Å². The monoisotopic (exact) mass is 368 g/mol. The fraction of sp³-hybridized carbons (Fsp3) is 0.333. The predicted molar refractivity (Wildman–Crippen MR) is 102 cm³/mol. The number of nitrogens with two attached hydrogens (primary N) is 1. The van der Waals surface area contributed by atoms with Gasteiger partial charge in [-0.25, -0.2) is 4.79 Å². The number of carbonyl (C=O) groups is 2. The molecule has 1 aliphatic rings. The van der Waals surface area contributed by atoms with Crippen molar-refractivity contribution >= 4 is 12.0 Å². The molecule has 1 saturated heterocycles. The van der Waals surface area contributed by atoms with E-state index in [1.54, 1.807) is 29.2 Å². The van der Waals surface area contributed by atoms with Crippen molar-refractivity contribution in [1.82, 2.24) is 4.90 Å². The van der Waals surface area contributed by atoms with E-state index in [4.69, 9.17) is 15.2 Å². The first-order chi connectivity index (χ1) is 12.7. The van der Waals surface area contributed by atoms with E-state index in [1.807, 2.05) is 51.1 Å². The predicted octanol–water partition coefficient (Wildman–Crippen LogP) is 3.31. The number of ether oxygens (including phenoxy) is 2. The van der Waals surface area contributed by atoms with Crippen molar-refractivity contribution < 1.29 is 19.1 Å². The third kappa shape index (κ3) is 4.05. The minimum Gasteiger partial charge on any atom is -0.478 e. The van der Waals surface area contributed by atoms with Gasteiger partial charge in [-0.1, -0.05) is 42.5 Å². The van der Waals surface area contributed by atoms with Crippen LogP contribution in [0, 0.1) is 0 Å². The number of para-hydroxylation sites is 1. The Labute approximate surface area is 158 Å². The molecule has 6 nitrogen and oxygen atoms in total. The van der Waals surface area contributed by atoms with Gasteiger partial charge in [0.15, 0.2) is 5.60 Å². The van der Waals surface area contributed by atoms with Gasteiger partial charge in [0.05, 0.1) is 18.7 Å². The van der Waals surface area contributed by atoms with Crippen molar-refractivity contribution in [3.8, 4) is 5.75 Å². The summed E-state index contributed by atoms with van der Waals surface area (Å²) in [6.45, 7) is 6.12. The molecule has 0 aliphatic carbocycles. The summed E-state index contributed by atoms with van der Waals surface area (Å²) in [4.78, 5) is 25.7. The molecule has 3 rings (SSSR count). The summed E-state index contributed by atoms with van der Waals surface area (Å²) in [5.41, 5.74) is 5.37. The third-order valence-corrected chi connectivity index (χ3v) is 4.30. The Kier molecular flexibility index (Phi) is 4.83. The molecule has 2 aromatic carbocycles. The van der Waals surface area contributed by atoms with Crippen LogP contribution >= 0.6 is 0 Å². The van der Waals surface area contributed by atoms with Crippen LogP contribution in [0.5, 0.6) is 5.75 Å². The highest BCUT2D eigenvalue weighted by Crippen LogP contribution is 2.38. The molecule has 0 aromatic heterocycles. The Bertz CT molecular complexity index is 837. The maximum Gasteiger partial charge on any atom is 0.410 e. The number of carbonyl (C=O) groups excluding carboxylic acids is 2. The van der Waals surface area contributed by atoms with Crippen molar-refractivity contribution in [3.05, 3.63) is 65.7 Å². The van der Waals surface area contributed by atoms with E-state index in [9.17, 15) is 9.59 Å². The first-order valence-electron chi connectivity index (χ1n) is 8.81. The lowest BCUT2D eigenvalue weighted by Gasteiger charge is -2.49. The van der Waals surface area contributed by atoms with Crippen LogP contribution in [0.15, 0.2) is 54.6 Å². The Hall–Kier alpha value is -3.02. The molecular weight excluding hydrogens is 344 g/mol.